The number of hydrogen-bond donors (Lipinski definition) is 1. The molecule has 1 aliphatic heterocycles. The van der Waals surface area contributed by atoms with Gasteiger partial charge in [-0.3, -0.25) is 5.43 Å². The highest BCUT2D eigenvalue weighted by atomic mass is 35.5. The van der Waals surface area contributed by atoms with Crippen LogP contribution in [0.3, 0.4) is 0 Å². The van der Waals surface area contributed by atoms with Gasteiger partial charge < -0.3 is 4.90 Å². The molecule has 102 valence electrons. The van der Waals surface area contributed by atoms with Crippen molar-refractivity contribution in [3.05, 3.63) is 0 Å². The van der Waals surface area contributed by atoms with Crippen LogP contribution in [0.15, 0.2) is 0 Å². The molecule has 1 fully saturated rings. The minimum absolute atomic E-state index is 0.584. The first-order chi connectivity index (χ1) is 8.15. The average molecular weight is 284 g/mol. The normalized spacial score (nSPS) is 20.3. The van der Waals surface area contributed by atoms with Gasteiger partial charge in [-0.15, -0.1) is 0 Å². The Hall–Kier alpha value is 0.380. The SMILES string of the molecule is CCN(CC)CCCNN1CN(Cl)CN(Cl)C1. The lowest BCUT2D eigenvalue weighted by Gasteiger charge is -2.35. The maximum atomic E-state index is 5.93. The van der Waals surface area contributed by atoms with E-state index < -0.39 is 0 Å². The highest BCUT2D eigenvalue weighted by molar-refractivity contribution is 6.15. The molecule has 1 saturated heterocycles. The van der Waals surface area contributed by atoms with Gasteiger partial charge in [0, 0.05) is 6.54 Å². The molecule has 0 spiro atoms. The van der Waals surface area contributed by atoms with Crippen LogP contribution in [0.25, 0.3) is 0 Å². The van der Waals surface area contributed by atoms with E-state index in [4.69, 9.17) is 23.6 Å². The Labute approximate surface area is 114 Å². The lowest BCUT2D eigenvalue weighted by molar-refractivity contribution is 0.0247. The molecule has 17 heavy (non-hydrogen) atoms. The zero-order valence-electron chi connectivity index (χ0n) is 10.7. The molecule has 1 rings (SSSR count). The highest BCUT2D eigenvalue weighted by Crippen LogP contribution is 2.09. The largest absolute Gasteiger partial charge is 0.304 e. The van der Waals surface area contributed by atoms with Gasteiger partial charge in [0.05, 0.1) is 20.0 Å². The van der Waals surface area contributed by atoms with Gasteiger partial charge in [0.25, 0.3) is 0 Å². The monoisotopic (exact) mass is 283 g/mol. The van der Waals surface area contributed by atoms with Crippen molar-refractivity contribution >= 4 is 23.6 Å². The second-order valence-electron chi connectivity index (χ2n) is 4.18. The lowest BCUT2D eigenvalue weighted by atomic mass is 10.4. The number of nitrogens with zero attached hydrogens (tertiary/aromatic N) is 4. The summed E-state index contributed by atoms with van der Waals surface area (Å²) in [5, 5.41) is 2.02. The molecule has 0 aromatic rings. The Kier molecular flexibility index (Phi) is 7.70. The third-order valence-electron chi connectivity index (χ3n) is 2.84. The third-order valence-corrected chi connectivity index (χ3v) is 3.26. The highest BCUT2D eigenvalue weighted by Gasteiger charge is 2.20. The molecule has 0 atom stereocenters. The predicted molar refractivity (Wildman–Crippen MR) is 72.2 cm³/mol. The van der Waals surface area contributed by atoms with Crippen molar-refractivity contribution in [3.63, 3.8) is 0 Å². The number of hydrogen-bond acceptors (Lipinski definition) is 5. The molecule has 0 aliphatic carbocycles. The van der Waals surface area contributed by atoms with Crippen LogP contribution >= 0.6 is 23.6 Å². The Morgan fingerprint density at radius 1 is 1.06 bits per heavy atom. The van der Waals surface area contributed by atoms with E-state index in [0.29, 0.717) is 20.0 Å². The molecule has 0 amide bonds. The second-order valence-corrected chi connectivity index (χ2v) is 5.13. The van der Waals surface area contributed by atoms with Crippen molar-refractivity contribution in [2.75, 3.05) is 46.2 Å². The van der Waals surface area contributed by atoms with Crippen LogP contribution < -0.4 is 5.43 Å². The van der Waals surface area contributed by atoms with Crippen molar-refractivity contribution < 1.29 is 0 Å². The molecule has 7 heteroatoms. The van der Waals surface area contributed by atoms with Crippen LogP contribution in [0.1, 0.15) is 20.3 Å². The first-order valence-corrected chi connectivity index (χ1v) is 6.85. The fourth-order valence-electron chi connectivity index (χ4n) is 1.85. The van der Waals surface area contributed by atoms with Gasteiger partial charge >= 0.3 is 0 Å². The summed E-state index contributed by atoms with van der Waals surface area (Å²) < 4.78 is 3.29. The molecule has 1 heterocycles. The zero-order valence-corrected chi connectivity index (χ0v) is 12.2. The van der Waals surface area contributed by atoms with Crippen molar-refractivity contribution in [2.45, 2.75) is 20.3 Å². The van der Waals surface area contributed by atoms with E-state index in [1.807, 2.05) is 5.01 Å². The van der Waals surface area contributed by atoms with Gasteiger partial charge in [0.15, 0.2) is 0 Å². The van der Waals surface area contributed by atoms with Crippen molar-refractivity contribution in [2.24, 2.45) is 0 Å². The Balaban J connectivity index is 2.09. The predicted octanol–water partition coefficient (Wildman–Crippen LogP) is 1.32. The summed E-state index contributed by atoms with van der Waals surface area (Å²) in [7, 11) is 0. The molecule has 0 radical (unpaired) electrons. The Bertz CT molecular complexity index is 193. The maximum Gasteiger partial charge on any atom is 0.0828 e. The molecule has 0 bridgehead atoms. The fraction of sp³-hybridized carbons (Fsp3) is 1.00. The summed E-state index contributed by atoms with van der Waals surface area (Å²) in [5.74, 6) is 0. The number of halogens is 2. The van der Waals surface area contributed by atoms with Gasteiger partial charge in [-0.25, -0.2) is 5.01 Å². The topological polar surface area (TPSA) is 25.0 Å². The summed E-state index contributed by atoms with van der Waals surface area (Å²) in [6, 6.07) is 0. The molecule has 0 unspecified atom stereocenters. The van der Waals surface area contributed by atoms with E-state index >= 15 is 0 Å². The smallest absolute Gasteiger partial charge is 0.0828 e. The molecule has 5 nitrogen and oxygen atoms in total. The number of nitrogens with one attached hydrogen (secondary N) is 1. The Morgan fingerprint density at radius 2 is 1.65 bits per heavy atom. The third kappa shape index (κ3) is 6.20. The maximum absolute atomic E-state index is 5.93. The fourth-order valence-corrected chi connectivity index (χ4v) is 2.42. The molecule has 0 aromatic heterocycles. The quantitative estimate of drug-likeness (QED) is 0.562. The number of hydrazine groups is 1. The molecule has 1 aliphatic rings. The van der Waals surface area contributed by atoms with Gasteiger partial charge in [-0.05, 0) is 49.6 Å². The van der Waals surface area contributed by atoms with Crippen LogP contribution in [-0.2, 0) is 0 Å². The van der Waals surface area contributed by atoms with Gasteiger partial charge in [0.2, 0.25) is 0 Å². The standard InChI is InChI=1S/C10H23Cl2N5/c1-3-14(4-2)7-5-6-13-17-9-15(11)8-16(12)10-17/h13H,3-10H2,1-2H3. The molecule has 0 saturated carbocycles. The first kappa shape index (κ1) is 15.4. The summed E-state index contributed by atoms with van der Waals surface area (Å²) in [6.45, 7) is 10.7. The van der Waals surface area contributed by atoms with E-state index in [9.17, 15) is 0 Å². The Morgan fingerprint density at radius 3 is 2.18 bits per heavy atom. The molecule has 1 N–H and O–H groups in total. The number of rotatable bonds is 7. The van der Waals surface area contributed by atoms with E-state index in [1.54, 1.807) is 8.84 Å². The first-order valence-electron chi connectivity index (χ1n) is 6.18. The van der Waals surface area contributed by atoms with Crippen LogP contribution in [-0.4, -0.2) is 64.9 Å². The van der Waals surface area contributed by atoms with Gasteiger partial charge in [-0.2, -0.15) is 8.84 Å². The van der Waals surface area contributed by atoms with Crippen molar-refractivity contribution in [1.29, 1.82) is 0 Å². The molecule has 0 aromatic carbocycles. The van der Waals surface area contributed by atoms with E-state index in [1.165, 1.54) is 0 Å². The summed E-state index contributed by atoms with van der Waals surface area (Å²) in [6.07, 6.45) is 1.13. The molecular formula is C10H23Cl2N5. The van der Waals surface area contributed by atoms with Crippen molar-refractivity contribution in [3.8, 4) is 0 Å². The van der Waals surface area contributed by atoms with Crippen molar-refractivity contribution in [1.82, 2.24) is 24.2 Å². The summed E-state index contributed by atoms with van der Waals surface area (Å²) in [5.41, 5.74) is 3.34. The average Bonchev–Trinajstić information content (AvgIpc) is 2.28. The van der Waals surface area contributed by atoms with Crippen LogP contribution in [0, 0.1) is 0 Å². The minimum Gasteiger partial charge on any atom is -0.304 e. The van der Waals surface area contributed by atoms with Crippen LogP contribution in [0.2, 0.25) is 0 Å². The summed E-state index contributed by atoms with van der Waals surface area (Å²) >= 11 is 11.9. The zero-order chi connectivity index (χ0) is 12.7. The van der Waals surface area contributed by atoms with E-state index in [2.05, 4.69) is 24.2 Å². The second kappa shape index (κ2) is 8.48. The molecular weight excluding hydrogens is 261 g/mol. The van der Waals surface area contributed by atoms with Crippen LogP contribution in [0.5, 0.6) is 0 Å². The summed E-state index contributed by atoms with van der Waals surface area (Å²) in [4.78, 5) is 2.42. The van der Waals surface area contributed by atoms with E-state index in [-0.39, 0.29) is 0 Å². The van der Waals surface area contributed by atoms with Gasteiger partial charge in [-0.1, -0.05) is 13.8 Å². The van der Waals surface area contributed by atoms with E-state index in [0.717, 1.165) is 32.6 Å². The minimum atomic E-state index is 0.584. The van der Waals surface area contributed by atoms with Crippen LogP contribution in [0.4, 0.5) is 0 Å². The van der Waals surface area contributed by atoms with Gasteiger partial charge in [0.1, 0.15) is 0 Å². The lowest BCUT2D eigenvalue weighted by Crippen LogP contribution is -2.54.